The van der Waals surface area contributed by atoms with Crippen molar-refractivity contribution >= 4 is 20.9 Å². The lowest BCUT2D eigenvalue weighted by Crippen LogP contribution is -2.30. The molecule has 1 N–H and O–H groups in total. The summed E-state index contributed by atoms with van der Waals surface area (Å²) >= 11 is 0. The summed E-state index contributed by atoms with van der Waals surface area (Å²) < 4.78 is 59.9. The first kappa shape index (κ1) is 23.1. The molecule has 0 radical (unpaired) electrons. The summed E-state index contributed by atoms with van der Waals surface area (Å²) in [4.78, 5) is 4.42. The zero-order chi connectivity index (χ0) is 23.8. The molecule has 174 valence electrons. The Morgan fingerprint density at radius 1 is 1.27 bits per heavy atom. The van der Waals surface area contributed by atoms with Crippen molar-refractivity contribution in [3.63, 3.8) is 0 Å². The number of nitrogens with one attached hydrogen (secondary N) is 1. The largest absolute Gasteiger partial charge is 0.488 e. The molecule has 1 fully saturated rings. The molecule has 4 rings (SSSR count). The summed E-state index contributed by atoms with van der Waals surface area (Å²) in [7, 11) is -3.70. The maximum absolute atomic E-state index is 12.6. The van der Waals surface area contributed by atoms with E-state index in [9.17, 15) is 22.5 Å². The molecule has 1 saturated carbocycles. The van der Waals surface area contributed by atoms with E-state index in [-0.39, 0.29) is 17.0 Å². The van der Waals surface area contributed by atoms with Gasteiger partial charge in [-0.15, -0.1) is 0 Å². The monoisotopic (exact) mass is 474 g/mol. The summed E-state index contributed by atoms with van der Waals surface area (Å²) in [5, 5.41) is 10.6. The van der Waals surface area contributed by atoms with Crippen molar-refractivity contribution in [2.24, 2.45) is 0 Å². The van der Waals surface area contributed by atoms with Gasteiger partial charge in [-0.25, -0.2) is 21.9 Å². The van der Waals surface area contributed by atoms with Crippen LogP contribution >= 0.6 is 0 Å². The molecule has 3 aromatic rings. The third kappa shape index (κ3) is 4.56. The highest BCUT2D eigenvalue weighted by Crippen LogP contribution is 2.43. The third-order valence-corrected chi connectivity index (χ3v) is 7.23. The molecular formula is C23H24F2N4O3S. The number of nitriles is 1. The Balaban J connectivity index is 1.83. The average Bonchev–Trinajstić information content (AvgIpc) is 3.03. The Bertz CT molecular complexity index is 1310. The fourth-order valence-electron chi connectivity index (χ4n) is 3.99. The minimum Gasteiger partial charge on any atom is -0.488 e. The van der Waals surface area contributed by atoms with E-state index in [0.29, 0.717) is 33.6 Å². The van der Waals surface area contributed by atoms with Crippen molar-refractivity contribution in [2.75, 3.05) is 6.61 Å². The van der Waals surface area contributed by atoms with Crippen LogP contribution in [-0.2, 0) is 10.0 Å². The summed E-state index contributed by atoms with van der Waals surface area (Å²) in [6.07, 6.45) is 1.55. The second-order valence-corrected chi connectivity index (χ2v) is 10.0. The number of aromatic nitrogens is 2. The van der Waals surface area contributed by atoms with Gasteiger partial charge in [0.15, 0.2) is 0 Å². The maximum Gasteiger partial charge on any atom is 0.272 e. The van der Waals surface area contributed by atoms with Crippen LogP contribution in [0.25, 0.3) is 22.3 Å². The Morgan fingerprint density at radius 3 is 2.58 bits per heavy atom. The first-order valence-electron chi connectivity index (χ1n) is 10.7. The minimum absolute atomic E-state index is 0.0347. The van der Waals surface area contributed by atoms with Crippen molar-refractivity contribution < 1.29 is 21.9 Å². The number of ether oxygens (including phenoxy) is 1. The SMILES string of the molecule is CC(C)NS(=O)(=O)c1ccc(-c2c(C#N)c3ccc(OCC(F)F)cc3n2C2CCC2)nc1. The minimum atomic E-state index is -3.70. The number of fused-ring (bicyclic) bond motifs is 1. The number of sulfonamides is 1. The molecule has 1 aromatic carbocycles. The zero-order valence-electron chi connectivity index (χ0n) is 18.3. The van der Waals surface area contributed by atoms with Crippen molar-refractivity contribution in [1.82, 2.24) is 14.3 Å². The molecule has 0 amide bonds. The predicted octanol–water partition coefficient (Wildman–Crippen LogP) is 4.63. The highest BCUT2D eigenvalue weighted by atomic mass is 32.2. The highest BCUT2D eigenvalue weighted by molar-refractivity contribution is 7.89. The molecular weight excluding hydrogens is 450 g/mol. The van der Waals surface area contributed by atoms with Crippen LogP contribution in [0.2, 0.25) is 0 Å². The predicted molar refractivity (Wildman–Crippen MR) is 120 cm³/mol. The lowest BCUT2D eigenvalue weighted by atomic mass is 9.92. The van der Waals surface area contributed by atoms with Gasteiger partial charge in [-0.1, -0.05) is 0 Å². The summed E-state index contributed by atoms with van der Waals surface area (Å²) in [5.41, 5.74) is 2.16. The molecule has 1 aliphatic carbocycles. The summed E-state index contributed by atoms with van der Waals surface area (Å²) in [5.74, 6) is 0.297. The van der Waals surface area contributed by atoms with E-state index in [4.69, 9.17) is 4.74 Å². The normalized spacial score (nSPS) is 14.6. The zero-order valence-corrected chi connectivity index (χ0v) is 19.1. The van der Waals surface area contributed by atoms with Gasteiger partial charge in [0, 0.05) is 29.7 Å². The van der Waals surface area contributed by atoms with E-state index in [1.807, 2.05) is 4.57 Å². The van der Waals surface area contributed by atoms with Crippen LogP contribution in [0.1, 0.15) is 44.7 Å². The number of halogens is 2. The van der Waals surface area contributed by atoms with E-state index in [2.05, 4.69) is 15.8 Å². The fourth-order valence-corrected chi connectivity index (χ4v) is 5.18. The number of benzene rings is 1. The van der Waals surface area contributed by atoms with Crippen LogP contribution in [0.15, 0.2) is 41.4 Å². The summed E-state index contributed by atoms with van der Waals surface area (Å²) in [6, 6.07) is 10.1. The molecule has 0 atom stereocenters. The van der Waals surface area contributed by atoms with Gasteiger partial charge in [0.2, 0.25) is 10.0 Å². The molecule has 2 aromatic heterocycles. The highest BCUT2D eigenvalue weighted by Gasteiger charge is 2.29. The Morgan fingerprint density at radius 2 is 2.03 bits per heavy atom. The van der Waals surface area contributed by atoms with Crippen molar-refractivity contribution in [2.45, 2.75) is 56.5 Å². The van der Waals surface area contributed by atoms with Gasteiger partial charge in [0.05, 0.1) is 22.5 Å². The van der Waals surface area contributed by atoms with Crippen LogP contribution in [0.3, 0.4) is 0 Å². The average molecular weight is 475 g/mol. The van der Waals surface area contributed by atoms with Gasteiger partial charge < -0.3 is 9.30 Å². The van der Waals surface area contributed by atoms with Crippen molar-refractivity contribution in [3.05, 3.63) is 42.1 Å². The number of hydrogen-bond acceptors (Lipinski definition) is 5. The Hall–Kier alpha value is -3.03. The van der Waals surface area contributed by atoms with E-state index in [1.54, 1.807) is 38.1 Å². The Kier molecular flexibility index (Phi) is 6.36. The van der Waals surface area contributed by atoms with E-state index >= 15 is 0 Å². The number of rotatable bonds is 8. The molecule has 2 heterocycles. The molecule has 0 aliphatic heterocycles. The van der Waals surface area contributed by atoms with Gasteiger partial charge in [0.25, 0.3) is 6.43 Å². The van der Waals surface area contributed by atoms with E-state index < -0.39 is 23.1 Å². The molecule has 10 heteroatoms. The second kappa shape index (κ2) is 9.08. The van der Waals surface area contributed by atoms with Crippen LogP contribution in [0, 0.1) is 11.3 Å². The smallest absolute Gasteiger partial charge is 0.272 e. The molecule has 0 spiro atoms. The molecule has 0 bridgehead atoms. The third-order valence-electron chi connectivity index (χ3n) is 5.58. The number of pyridine rings is 1. The van der Waals surface area contributed by atoms with Crippen molar-refractivity contribution in [3.8, 4) is 23.2 Å². The van der Waals surface area contributed by atoms with E-state index in [1.165, 1.54) is 12.3 Å². The summed E-state index contributed by atoms with van der Waals surface area (Å²) in [6.45, 7) is 2.75. The number of hydrogen-bond donors (Lipinski definition) is 1. The lowest BCUT2D eigenvalue weighted by Gasteiger charge is -2.30. The second-order valence-electron chi connectivity index (χ2n) is 8.33. The van der Waals surface area contributed by atoms with Crippen LogP contribution in [0.4, 0.5) is 8.78 Å². The van der Waals surface area contributed by atoms with E-state index in [0.717, 1.165) is 19.3 Å². The molecule has 7 nitrogen and oxygen atoms in total. The van der Waals surface area contributed by atoms with Crippen LogP contribution in [0.5, 0.6) is 5.75 Å². The van der Waals surface area contributed by atoms with Gasteiger partial charge in [-0.2, -0.15) is 5.26 Å². The topological polar surface area (TPSA) is 97.0 Å². The van der Waals surface area contributed by atoms with Crippen LogP contribution in [-0.4, -0.2) is 37.0 Å². The molecule has 33 heavy (non-hydrogen) atoms. The van der Waals surface area contributed by atoms with Gasteiger partial charge in [0.1, 0.15) is 23.3 Å². The quantitative estimate of drug-likeness (QED) is 0.513. The number of alkyl halides is 2. The maximum atomic E-state index is 12.6. The first-order chi connectivity index (χ1) is 15.7. The first-order valence-corrected chi connectivity index (χ1v) is 12.2. The molecule has 0 saturated heterocycles. The van der Waals surface area contributed by atoms with Crippen molar-refractivity contribution in [1.29, 1.82) is 5.26 Å². The van der Waals surface area contributed by atoms with Gasteiger partial charge in [-0.3, -0.25) is 4.98 Å². The standard InChI is InChI=1S/C23H24F2N4O3S/c1-14(2)28-33(30,31)17-7-9-20(27-12-17)23-19(11-26)18-8-6-16(32-13-22(24)25)10-21(18)29(23)15-4-3-5-15/h6-10,12,14-15,22,28H,3-5,13H2,1-2H3. The van der Waals surface area contributed by atoms with Gasteiger partial charge in [-0.05, 0) is 57.4 Å². The lowest BCUT2D eigenvalue weighted by molar-refractivity contribution is 0.0819. The van der Waals surface area contributed by atoms with Gasteiger partial charge >= 0.3 is 0 Å². The van der Waals surface area contributed by atoms with Crippen LogP contribution < -0.4 is 9.46 Å². The Labute approximate surface area is 191 Å². The fraction of sp³-hybridized carbons (Fsp3) is 0.391. The number of nitrogens with zero attached hydrogens (tertiary/aromatic N) is 3. The molecule has 1 aliphatic rings. The molecule has 0 unspecified atom stereocenters.